The summed E-state index contributed by atoms with van der Waals surface area (Å²) in [6.45, 7) is 0.952. The Labute approximate surface area is 272 Å². The molecule has 0 radical (unpaired) electrons. The standard InChI is InChI=1S/C27H25N6O12PS2/c1-15-23(25(28)34)26(35)33(12-11-16-5-8-20(9-6-16)47(40,41)42)27(36)24(15)32-31-21-10-7-18(14-22(21)48(43,44)45)30-29-17-3-2-4-19(13-17)46(37,38)39/h2-10,13-14,35H,11-12H2,1H3,(H2,28,34)(H2,37,38,39)(H,40,41,42)(H,43,44,45)/p-2. The fourth-order valence-electron chi connectivity index (χ4n) is 4.29. The van der Waals surface area contributed by atoms with Crippen LogP contribution in [0.2, 0.25) is 0 Å². The van der Waals surface area contributed by atoms with E-state index in [2.05, 4.69) is 20.5 Å². The summed E-state index contributed by atoms with van der Waals surface area (Å²) in [6.07, 6.45) is 0.0113. The summed E-state index contributed by atoms with van der Waals surface area (Å²) in [5.74, 6) is -1.94. The van der Waals surface area contributed by atoms with Crippen LogP contribution >= 0.6 is 7.94 Å². The highest BCUT2D eigenvalue weighted by atomic mass is 32.2. The number of primary amides is 1. The van der Waals surface area contributed by atoms with Crippen LogP contribution in [0, 0.1) is 6.92 Å². The summed E-state index contributed by atoms with van der Waals surface area (Å²) in [7, 11) is -14.5. The molecule has 0 saturated heterocycles. The molecule has 18 nitrogen and oxygen atoms in total. The maximum Gasteiger partial charge on any atom is 0.296 e. The molecule has 0 spiro atoms. The van der Waals surface area contributed by atoms with Gasteiger partial charge < -0.3 is 25.5 Å². The number of aromatic nitrogens is 1. The van der Waals surface area contributed by atoms with Gasteiger partial charge in [0.2, 0.25) is 5.88 Å². The van der Waals surface area contributed by atoms with Gasteiger partial charge in [0.15, 0.2) is 5.69 Å². The summed E-state index contributed by atoms with van der Waals surface area (Å²) in [6, 6.07) is 12.6. The van der Waals surface area contributed by atoms with Gasteiger partial charge >= 0.3 is 0 Å². The molecule has 4 aromatic rings. The van der Waals surface area contributed by atoms with Crippen LogP contribution in [0.5, 0.6) is 5.88 Å². The molecule has 48 heavy (non-hydrogen) atoms. The first-order valence-electron chi connectivity index (χ1n) is 13.2. The van der Waals surface area contributed by atoms with Gasteiger partial charge in [-0.2, -0.15) is 27.1 Å². The maximum absolute atomic E-state index is 13.4. The third-order valence-corrected chi connectivity index (χ3v) is 9.32. The number of aryl methyl sites for hydroxylation is 1. The molecule has 1 amide bonds. The number of nitrogens with two attached hydrogens (primary N) is 1. The predicted octanol–water partition coefficient (Wildman–Crippen LogP) is 0.997. The third kappa shape index (κ3) is 8.37. The van der Waals surface area contributed by atoms with Gasteiger partial charge in [-0.15, -0.1) is 18.2 Å². The van der Waals surface area contributed by atoms with Crippen LogP contribution in [0.4, 0.5) is 22.7 Å². The zero-order valence-electron chi connectivity index (χ0n) is 24.4. The van der Waals surface area contributed by atoms with Crippen molar-refractivity contribution >= 4 is 62.1 Å². The summed E-state index contributed by atoms with van der Waals surface area (Å²) in [5.41, 5.74) is 2.98. The fraction of sp³-hybridized carbons (Fsp3) is 0.111. The predicted molar refractivity (Wildman–Crippen MR) is 163 cm³/mol. The molecule has 21 heteroatoms. The minimum Gasteiger partial charge on any atom is -0.683 e. The molecule has 0 aliphatic rings. The number of aromatic hydroxyl groups is 1. The van der Waals surface area contributed by atoms with E-state index in [1.54, 1.807) is 0 Å². The molecule has 5 N–H and O–H groups in total. The summed E-state index contributed by atoms with van der Waals surface area (Å²) < 4.78 is 66.7. The zero-order valence-corrected chi connectivity index (χ0v) is 26.9. The number of pyridine rings is 1. The van der Waals surface area contributed by atoms with Crippen molar-refractivity contribution in [3.05, 3.63) is 93.8 Å². The van der Waals surface area contributed by atoms with E-state index in [9.17, 15) is 50.8 Å². The Morgan fingerprint density at radius 1 is 0.875 bits per heavy atom. The maximum atomic E-state index is 13.4. The molecule has 4 rings (SSSR count). The molecule has 1 heterocycles. The van der Waals surface area contributed by atoms with Crippen LogP contribution in [-0.2, 0) is 33.2 Å². The molecular weight excluding hydrogens is 695 g/mol. The van der Waals surface area contributed by atoms with Crippen molar-refractivity contribution in [2.24, 2.45) is 26.2 Å². The van der Waals surface area contributed by atoms with Crippen molar-refractivity contribution < 1.29 is 50.5 Å². The van der Waals surface area contributed by atoms with Gasteiger partial charge in [-0.1, -0.05) is 18.2 Å². The van der Waals surface area contributed by atoms with Gasteiger partial charge in [0.25, 0.3) is 31.7 Å². The van der Waals surface area contributed by atoms with E-state index in [-0.39, 0.29) is 34.8 Å². The Hall–Kier alpha value is -4.79. The minimum absolute atomic E-state index is 0.0113. The van der Waals surface area contributed by atoms with E-state index in [0.717, 1.165) is 41.0 Å². The minimum atomic E-state index is -5.08. The average Bonchev–Trinajstić information content (AvgIpc) is 2.99. The van der Waals surface area contributed by atoms with Crippen molar-refractivity contribution in [2.75, 3.05) is 0 Å². The van der Waals surface area contributed by atoms with E-state index in [0.29, 0.717) is 5.56 Å². The van der Waals surface area contributed by atoms with Gasteiger partial charge in [-0.05, 0) is 61.4 Å². The largest absolute Gasteiger partial charge is 0.683 e. The Bertz CT molecular complexity index is 2250. The third-order valence-electron chi connectivity index (χ3n) is 6.65. The van der Waals surface area contributed by atoms with Gasteiger partial charge in [-0.25, -0.2) is 0 Å². The summed E-state index contributed by atoms with van der Waals surface area (Å²) in [5, 5.41) is 25.3. The Kier molecular flexibility index (Phi) is 10.3. The lowest BCUT2D eigenvalue weighted by atomic mass is 10.1. The summed E-state index contributed by atoms with van der Waals surface area (Å²) in [4.78, 5) is 58.2. The number of rotatable bonds is 11. The number of nitrogens with zero attached hydrogens (tertiary/aromatic N) is 5. The lowest BCUT2D eigenvalue weighted by Gasteiger charge is -2.41. The highest BCUT2D eigenvalue weighted by Gasteiger charge is 2.23. The number of carbonyl (C=O) groups excluding carboxylic acids is 1. The van der Waals surface area contributed by atoms with Gasteiger partial charge in [0.05, 0.1) is 21.6 Å². The van der Waals surface area contributed by atoms with Crippen molar-refractivity contribution in [2.45, 2.75) is 29.7 Å². The molecule has 0 saturated carbocycles. The Balaban J connectivity index is 1.71. The first kappa shape index (κ1) is 36.1. The zero-order chi connectivity index (χ0) is 35.6. The average molecular weight is 719 g/mol. The van der Waals surface area contributed by atoms with Gasteiger partial charge in [0.1, 0.15) is 16.1 Å². The van der Waals surface area contributed by atoms with E-state index in [1.165, 1.54) is 37.3 Å². The van der Waals surface area contributed by atoms with Crippen LogP contribution in [0.25, 0.3) is 0 Å². The van der Waals surface area contributed by atoms with E-state index in [4.69, 9.17) is 10.3 Å². The SMILES string of the molecule is Cc1c(C(N)=O)c(O)n(CCc2ccc(S(=O)(=O)O)cc2)c(=O)c1N=Nc1ccc(N=Nc2cccc([P+]([O-])([O-])[O-])c2)cc1S(=O)(=O)O. The van der Waals surface area contributed by atoms with Gasteiger partial charge in [0, 0.05) is 18.2 Å². The topological polar surface area (TPSA) is 313 Å². The van der Waals surface area contributed by atoms with Crippen LogP contribution in [0.15, 0.2) is 102 Å². The first-order valence-corrected chi connectivity index (χ1v) is 17.6. The van der Waals surface area contributed by atoms with Crippen molar-refractivity contribution in [1.82, 2.24) is 4.57 Å². The second-order valence-corrected chi connectivity index (χ2v) is 14.2. The molecule has 0 atom stereocenters. The molecule has 0 aliphatic heterocycles. The second kappa shape index (κ2) is 13.7. The van der Waals surface area contributed by atoms with Crippen molar-refractivity contribution in [3.63, 3.8) is 0 Å². The molecule has 252 valence electrons. The highest BCUT2D eigenvalue weighted by Crippen LogP contribution is 2.33. The quantitative estimate of drug-likeness (QED) is 0.0959. The van der Waals surface area contributed by atoms with Crippen molar-refractivity contribution in [3.8, 4) is 5.88 Å². The molecule has 0 bridgehead atoms. The molecule has 3 aromatic carbocycles. The number of azo groups is 2. The number of carbonyl (C=O) groups is 1. The summed E-state index contributed by atoms with van der Waals surface area (Å²) >= 11 is 0. The lowest BCUT2D eigenvalue weighted by molar-refractivity contribution is -0.421. The second-order valence-electron chi connectivity index (χ2n) is 9.91. The van der Waals surface area contributed by atoms with Crippen LogP contribution in [-0.4, -0.2) is 41.5 Å². The van der Waals surface area contributed by atoms with E-state index in [1.807, 2.05) is 0 Å². The van der Waals surface area contributed by atoms with Crippen LogP contribution in [0.3, 0.4) is 0 Å². The molecule has 0 unspecified atom stereocenters. The monoisotopic (exact) mass is 718 g/mol. The van der Waals surface area contributed by atoms with Crippen molar-refractivity contribution in [1.29, 1.82) is 0 Å². The molecule has 1 aromatic heterocycles. The van der Waals surface area contributed by atoms with Crippen LogP contribution < -0.4 is 31.3 Å². The first-order chi connectivity index (χ1) is 22.3. The number of benzene rings is 3. The Morgan fingerprint density at radius 3 is 2.06 bits per heavy atom. The molecular formula is C27H23N6O12PS2-2. The Morgan fingerprint density at radius 2 is 1.50 bits per heavy atom. The highest BCUT2D eigenvalue weighted by molar-refractivity contribution is 7.86. The van der Waals surface area contributed by atoms with Crippen LogP contribution in [0.1, 0.15) is 21.5 Å². The normalized spacial score (nSPS) is 12.6. The lowest BCUT2D eigenvalue weighted by Crippen LogP contribution is -2.40. The van der Waals surface area contributed by atoms with Gasteiger partial charge in [-0.3, -0.25) is 23.3 Å². The molecule has 0 fully saturated rings. The molecule has 0 aliphatic carbocycles. The number of amides is 1. The number of hydrogen-bond acceptors (Lipinski definition) is 14. The van der Waals surface area contributed by atoms with E-state index >= 15 is 0 Å². The smallest absolute Gasteiger partial charge is 0.296 e. The fourth-order valence-corrected chi connectivity index (χ4v) is 5.98. The number of hydrogen-bond donors (Lipinski definition) is 4. The van der Waals surface area contributed by atoms with E-state index < -0.39 is 72.7 Å².